The molecule has 2 bridgehead atoms. The number of fused-ring (bicyclic) bond motifs is 6. The van der Waals surface area contributed by atoms with Gasteiger partial charge >= 0.3 is 6.08 Å². The maximum absolute atomic E-state index is 14.0. The first-order valence-corrected chi connectivity index (χ1v) is 11.5. The number of hydrogen-bond donors (Lipinski definition) is 1. The van der Waals surface area contributed by atoms with Crippen LogP contribution in [-0.4, -0.2) is 22.8 Å². The van der Waals surface area contributed by atoms with Crippen LogP contribution in [0.15, 0.2) is 24.3 Å². The summed E-state index contributed by atoms with van der Waals surface area (Å²) < 4.78 is 14.0. The van der Waals surface area contributed by atoms with Gasteiger partial charge in [0.2, 0.25) is 0 Å². The number of aromatic nitrogens is 3. The molecule has 6 heteroatoms. The molecule has 166 valence electrons. The third-order valence-corrected chi connectivity index (χ3v) is 9.61. The van der Waals surface area contributed by atoms with Gasteiger partial charge in [0.05, 0.1) is 11.3 Å². The van der Waals surface area contributed by atoms with Crippen molar-refractivity contribution >= 4 is 24.8 Å². The summed E-state index contributed by atoms with van der Waals surface area (Å²) in [6.45, 7) is 18.7. The van der Waals surface area contributed by atoms with Gasteiger partial charge in [-0.3, -0.25) is 0 Å². The number of halogens is 1. The van der Waals surface area contributed by atoms with Crippen LogP contribution < -0.4 is 11.0 Å². The summed E-state index contributed by atoms with van der Waals surface area (Å²) in [7, 11) is 1.70. The van der Waals surface area contributed by atoms with Crippen LogP contribution in [-0.2, 0) is 16.4 Å². The van der Waals surface area contributed by atoms with Crippen molar-refractivity contribution in [2.45, 2.75) is 71.8 Å². The van der Waals surface area contributed by atoms with Gasteiger partial charge in [-0.1, -0.05) is 60.6 Å². The molecule has 2 unspecified atom stereocenters. The Morgan fingerprint density at radius 3 is 2.12 bits per heavy atom. The van der Waals surface area contributed by atoms with Crippen LogP contribution >= 0.6 is 0 Å². The summed E-state index contributed by atoms with van der Waals surface area (Å²) in [5, 5.41) is 3.80. The van der Waals surface area contributed by atoms with Crippen molar-refractivity contribution in [3.8, 4) is 0 Å². The Labute approximate surface area is 191 Å². The van der Waals surface area contributed by atoms with E-state index in [0.29, 0.717) is 11.5 Å². The average Bonchev–Trinajstić information content (AvgIpc) is 2.95. The first-order valence-electron chi connectivity index (χ1n) is 11.5. The fourth-order valence-corrected chi connectivity index (χ4v) is 6.10. The van der Waals surface area contributed by atoms with E-state index in [1.54, 1.807) is 7.85 Å². The highest BCUT2D eigenvalue weighted by Crippen LogP contribution is 2.63. The maximum atomic E-state index is 14.0. The Kier molecular flexibility index (Phi) is 4.06. The molecule has 2 aliphatic heterocycles. The zero-order valence-electron chi connectivity index (χ0n) is 20.6. The van der Waals surface area contributed by atoms with Gasteiger partial charge in [-0.15, -0.1) is 0 Å². The van der Waals surface area contributed by atoms with Gasteiger partial charge in [0.15, 0.2) is 13.7 Å². The van der Waals surface area contributed by atoms with Gasteiger partial charge in [0.25, 0.3) is 0 Å². The Bertz CT molecular complexity index is 1220. The van der Waals surface area contributed by atoms with E-state index in [-0.39, 0.29) is 27.7 Å². The summed E-state index contributed by atoms with van der Waals surface area (Å²) in [6.07, 6.45) is 3.41. The molecule has 32 heavy (non-hydrogen) atoms. The molecule has 1 N–H and O–H groups in total. The van der Waals surface area contributed by atoms with Crippen LogP contribution in [0, 0.1) is 17.4 Å². The molecular formula is C26H32BFN4. The Morgan fingerprint density at radius 2 is 1.50 bits per heavy atom. The summed E-state index contributed by atoms with van der Waals surface area (Å²) in [5.74, 6) is 0.447. The van der Waals surface area contributed by atoms with E-state index in [9.17, 15) is 4.39 Å². The summed E-state index contributed by atoms with van der Waals surface area (Å²) >= 11 is 0. The minimum Gasteiger partial charge on any atom is -0.375 e. The molecule has 4 nitrogen and oxygen atoms in total. The van der Waals surface area contributed by atoms with Crippen molar-refractivity contribution in [1.82, 2.24) is 20.3 Å². The Balaban J connectivity index is 1.73. The van der Waals surface area contributed by atoms with Gasteiger partial charge in [-0.2, -0.15) is 14.4 Å². The van der Waals surface area contributed by atoms with Crippen LogP contribution in [0.3, 0.4) is 0 Å². The van der Waals surface area contributed by atoms with Crippen LogP contribution in [0.4, 0.5) is 4.39 Å². The number of allylic oxidation sites excluding steroid dienone is 2. The van der Waals surface area contributed by atoms with E-state index in [1.165, 1.54) is 22.3 Å². The van der Waals surface area contributed by atoms with Crippen molar-refractivity contribution in [3.63, 3.8) is 0 Å². The first kappa shape index (κ1) is 21.4. The lowest BCUT2D eigenvalue weighted by Crippen LogP contribution is -2.42. The molecule has 0 saturated carbocycles. The van der Waals surface area contributed by atoms with Crippen LogP contribution in [0.2, 0.25) is 0 Å². The molecule has 0 radical (unpaired) electrons. The molecule has 1 aliphatic carbocycles. The van der Waals surface area contributed by atoms with E-state index in [4.69, 9.17) is 0 Å². The highest BCUT2D eigenvalue weighted by molar-refractivity contribution is 6.28. The summed E-state index contributed by atoms with van der Waals surface area (Å²) in [5.41, 5.74) is 7.73. The largest absolute Gasteiger partial charge is 0.375 e. The lowest BCUT2D eigenvalue weighted by molar-refractivity contribution is 0.125. The average molecular weight is 430 g/mol. The molecular weight excluding hydrogens is 398 g/mol. The lowest BCUT2D eigenvalue weighted by atomic mass is 9.59. The molecule has 1 aromatic carbocycles. The van der Waals surface area contributed by atoms with E-state index in [2.05, 4.69) is 93.9 Å². The SMILES string of the molecule is Bc1nc(F)nc(C2=CC=C3NC(C)(c4cc5c(cc43)C(C)(C)C(C)(C)C5(C)C)C2C)n1. The standard InChI is InChI=1S/C26H32BFN4/c1-13-14(20-29-21(27)31-22(28)30-20)9-10-19-15-11-17-18(12-16(15)26(13,8)32-19)24(4,5)25(6,7)23(17,2)3/h9-13,32H,27H2,1-8H3. The molecule has 2 atom stereocenters. The maximum Gasteiger partial charge on any atom is 0.311 e. The van der Waals surface area contributed by atoms with Gasteiger partial charge in [0, 0.05) is 22.8 Å². The first-order chi connectivity index (χ1) is 14.7. The molecule has 5 rings (SSSR count). The monoisotopic (exact) mass is 430 g/mol. The summed E-state index contributed by atoms with van der Waals surface area (Å²) in [6, 6.07) is 4.86. The minimum absolute atomic E-state index is 0.0299. The number of benzene rings is 1. The summed E-state index contributed by atoms with van der Waals surface area (Å²) in [4.78, 5) is 12.2. The fourth-order valence-electron chi connectivity index (χ4n) is 6.10. The highest BCUT2D eigenvalue weighted by Gasteiger charge is 2.58. The quantitative estimate of drug-likeness (QED) is 0.701. The van der Waals surface area contributed by atoms with Crippen LogP contribution in [0.25, 0.3) is 11.3 Å². The molecule has 3 heterocycles. The molecule has 0 fully saturated rings. The number of rotatable bonds is 1. The van der Waals surface area contributed by atoms with Crippen LogP contribution in [0.5, 0.6) is 0 Å². The highest BCUT2D eigenvalue weighted by atomic mass is 19.1. The minimum atomic E-state index is -0.731. The number of nitrogens with one attached hydrogen (secondary N) is 1. The van der Waals surface area contributed by atoms with E-state index in [0.717, 1.165) is 11.3 Å². The van der Waals surface area contributed by atoms with Gasteiger partial charge in [0.1, 0.15) is 0 Å². The van der Waals surface area contributed by atoms with E-state index < -0.39 is 6.08 Å². The number of hydrogen-bond acceptors (Lipinski definition) is 4. The second kappa shape index (κ2) is 6.09. The predicted molar refractivity (Wildman–Crippen MR) is 130 cm³/mol. The van der Waals surface area contributed by atoms with Gasteiger partial charge in [-0.25, -0.2) is 4.98 Å². The second-order valence-corrected chi connectivity index (χ2v) is 11.5. The zero-order chi connectivity index (χ0) is 23.4. The van der Waals surface area contributed by atoms with E-state index in [1.807, 2.05) is 6.08 Å². The normalized spacial score (nSPS) is 28.2. The second-order valence-electron chi connectivity index (χ2n) is 11.5. The van der Waals surface area contributed by atoms with Gasteiger partial charge in [-0.05, 0) is 52.0 Å². The van der Waals surface area contributed by atoms with Crippen molar-refractivity contribution in [1.29, 1.82) is 0 Å². The molecule has 0 amide bonds. The van der Waals surface area contributed by atoms with E-state index >= 15 is 0 Å². The lowest BCUT2D eigenvalue weighted by Gasteiger charge is -2.44. The molecule has 1 aromatic heterocycles. The number of nitrogens with zero attached hydrogens (tertiary/aromatic N) is 3. The predicted octanol–water partition coefficient (Wildman–Crippen LogP) is 3.76. The fraction of sp³-hybridized carbons (Fsp3) is 0.500. The molecule has 2 aromatic rings. The van der Waals surface area contributed by atoms with Crippen molar-refractivity contribution in [2.75, 3.05) is 0 Å². The smallest absolute Gasteiger partial charge is 0.311 e. The third kappa shape index (κ3) is 2.41. The molecule has 0 spiro atoms. The zero-order valence-corrected chi connectivity index (χ0v) is 20.6. The molecule has 3 aliphatic rings. The van der Waals surface area contributed by atoms with Gasteiger partial charge < -0.3 is 5.32 Å². The topological polar surface area (TPSA) is 50.7 Å². The van der Waals surface area contributed by atoms with Crippen molar-refractivity contribution in [2.24, 2.45) is 11.3 Å². The van der Waals surface area contributed by atoms with Crippen LogP contribution in [0.1, 0.15) is 83.5 Å². The Hall–Kier alpha value is -2.50. The Morgan fingerprint density at radius 1 is 0.875 bits per heavy atom. The molecule has 0 saturated heterocycles. The third-order valence-electron chi connectivity index (χ3n) is 9.61. The van der Waals surface area contributed by atoms with Crippen molar-refractivity contribution < 1.29 is 4.39 Å². The van der Waals surface area contributed by atoms with Crippen molar-refractivity contribution in [3.05, 3.63) is 58.4 Å².